The van der Waals surface area contributed by atoms with E-state index in [9.17, 15) is 4.79 Å². The van der Waals surface area contributed by atoms with Gasteiger partial charge < -0.3 is 15.6 Å². The third-order valence-corrected chi connectivity index (χ3v) is 2.89. The summed E-state index contributed by atoms with van der Waals surface area (Å²) in [4.78, 5) is 22.9. The monoisotopic (exact) mass is 287 g/mol. The summed E-state index contributed by atoms with van der Waals surface area (Å²) in [7, 11) is 0. The number of aromatic amines is 1. The predicted molar refractivity (Wildman–Crippen MR) is 78.0 cm³/mol. The first-order chi connectivity index (χ1) is 9.70. The number of carbonyl (C=O) groups is 1. The summed E-state index contributed by atoms with van der Waals surface area (Å²) in [6.07, 6.45) is 3.10. The number of halogens is 1. The molecule has 0 fully saturated rings. The minimum absolute atomic E-state index is 0.354. The van der Waals surface area contributed by atoms with E-state index in [-0.39, 0.29) is 6.03 Å². The van der Waals surface area contributed by atoms with Gasteiger partial charge in [-0.2, -0.15) is 0 Å². The molecule has 0 aliphatic carbocycles. The first-order valence-electron chi connectivity index (χ1n) is 5.83. The van der Waals surface area contributed by atoms with Gasteiger partial charge in [0.1, 0.15) is 0 Å². The van der Waals surface area contributed by atoms with Gasteiger partial charge in [-0.3, -0.25) is 0 Å². The number of nitrogens with one attached hydrogen (secondary N) is 3. The van der Waals surface area contributed by atoms with Crippen molar-refractivity contribution >= 4 is 40.2 Å². The minimum Gasteiger partial charge on any atom is -0.343 e. The number of anilines is 2. The number of nitrogens with zero attached hydrogens (tertiary/aromatic N) is 2. The van der Waals surface area contributed by atoms with Gasteiger partial charge in [0.2, 0.25) is 0 Å². The van der Waals surface area contributed by atoms with E-state index in [0.717, 1.165) is 5.52 Å². The number of aromatic nitrogens is 3. The van der Waals surface area contributed by atoms with Crippen molar-refractivity contribution in [2.45, 2.75) is 0 Å². The van der Waals surface area contributed by atoms with Gasteiger partial charge >= 0.3 is 6.03 Å². The van der Waals surface area contributed by atoms with E-state index in [2.05, 4.69) is 25.6 Å². The maximum atomic E-state index is 11.8. The van der Waals surface area contributed by atoms with E-state index in [1.807, 2.05) is 0 Å². The molecule has 0 unspecified atom stereocenters. The summed E-state index contributed by atoms with van der Waals surface area (Å²) in [5.41, 5.74) is 2.60. The highest BCUT2D eigenvalue weighted by molar-refractivity contribution is 6.30. The maximum Gasteiger partial charge on any atom is 0.323 e. The van der Waals surface area contributed by atoms with Crippen molar-refractivity contribution in [3.63, 3.8) is 0 Å². The molecule has 0 saturated heterocycles. The van der Waals surface area contributed by atoms with Crippen LogP contribution in [0.25, 0.3) is 11.2 Å². The molecular weight excluding hydrogens is 278 g/mol. The molecule has 3 aromatic rings. The Morgan fingerprint density at radius 2 is 1.85 bits per heavy atom. The maximum absolute atomic E-state index is 11.8. The molecule has 100 valence electrons. The molecule has 0 atom stereocenters. The molecule has 0 radical (unpaired) electrons. The Labute approximate surface area is 119 Å². The van der Waals surface area contributed by atoms with Crippen molar-refractivity contribution in [2.24, 2.45) is 0 Å². The molecule has 2 aromatic heterocycles. The van der Waals surface area contributed by atoms with Crippen LogP contribution in [0.2, 0.25) is 5.02 Å². The highest BCUT2D eigenvalue weighted by Crippen LogP contribution is 2.15. The van der Waals surface area contributed by atoms with Crippen molar-refractivity contribution in [1.29, 1.82) is 0 Å². The van der Waals surface area contributed by atoms with Crippen molar-refractivity contribution in [3.05, 3.63) is 47.9 Å². The predicted octanol–water partition coefficient (Wildman–Crippen LogP) is 3.26. The fourth-order valence-electron chi connectivity index (χ4n) is 1.72. The van der Waals surface area contributed by atoms with E-state index in [1.54, 1.807) is 42.9 Å². The zero-order valence-electron chi connectivity index (χ0n) is 10.2. The van der Waals surface area contributed by atoms with Gasteiger partial charge in [0, 0.05) is 10.7 Å². The van der Waals surface area contributed by atoms with Gasteiger partial charge in [-0.05, 0) is 30.3 Å². The lowest BCUT2D eigenvalue weighted by molar-refractivity contribution is 0.262. The highest BCUT2D eigenvalue weighted by Gasteiger charge is 2.05. The SMILES string of the molecule is O=C(Nc1ccc(Cl)cc1)Nc1cnc2nc[nH]c2c1. The number of H-pyrrole nitrogens is 1. The van der Waals surface area contributed by atoms with E-state index >= 15 is 0 Å². The number of carbonyl (C=O) groups excluding carboxylic acids is 1. The molecule has 2 amide bonds. The summed E-state index contributed by atoms with van der Waals surface area (Å²) in [5.74, 6) is 0. The first-order valence-corrected chi connectivity index (χ1v) is 6.21. The number of pyridine rings is 1. The highest BCUT2D eigenvalue weighted by atomic mass is 35.5. The van der Waals surface area contributed by atoms with Crippen molar-refractivity contribution in [2.75, 3.05) is 10.6 Å². The topological polar surface area (TPSA) is 82.7 Å². The number of hydrogen-bond acceptors (Lipinski definition) is 3. The Morgan fingerprint density at radius 3 is 2.65 bits per heavy atom. The van der Waals surface area contributed by atoms with Crippen molar-refractivity contribution in [1.82, 2.24) is 15.0 Å². The Kier molecular flexibility index (Phi) is 3.22. The van der Waals surface area contributed by atoms with Gasteiger partial charge in [0.15, 0.2) is 5.65 Å². The van der Waals surface area contributed by atoms with Gasteiger partial charge in [-0.25, -0.2) is 14.8 Å². The summed E-state index contributed by atoms with van der Waals surface area (Å²) in [5, 5.41) is 6.01. The molecule has 0 bridgehead atoms. The van der Waals surface area contributed by atoms with Gasteiger partial charge in [0.25, 0.3) is 0 Å². The standard InChI is InChI=1S/C13H10ClN5O/c14-8-1-3-9(4-2-8)18-13(20)19-10-5-11-12(15-6-10)17-7-16-11/h1-7H,(H,15,16,17)(H2,18,19,20). The average Bonchev–Trinajstić information content (AvgIpc) is 2.89. The lowest BCUT2D eigenvalue weighted by atomic mass is 10.3. The smallest absolute Gasteiger partial charge is 0.323 e. The van der Waals surface area contributed by atoms with Gasteiger partial charge in [-0.1, -0.05) is 11.6 Å². The second kappa shape index (κ2) is 5.18. The van der Waals surface area contributed by atoms with Crippen LogP contribution in [0.15, 0.2) is 42.9 Å². The minimum atomic E-state index is -0.354. The number of hydrogen-bond donors (Lipinski definition) is 3. The molecule has 0 spiro atoms. The van der Waals surface area contributed by atoms with E-state index in [1.165, 1.54) is 0 Å². The van der Waals surface area contributed by atoms with E-state index < -0.39 is 0 Å². The Bertz CT molecular complexity index is 753. The average molecular weight is 288 g/mol. The van der Waals surface area contributed by atoms with Crippen LogP contribution < -0.4 is 10.6 Å². The van der Waals surface area contributed by atoms with Crippen LogP contribution >= 0.6 is 11.6 Å². The van der Waals surface area contributed by atoms with E-state index in [4.69, 9.17) is 11.6 Å². The zero-order valence-corrected chi connectivity index (χ0v) is 11.0. The third kappa shape index (κ3) is 2.70. The second-order valence-electron chi connectivity index (χ2n) is 4.08. The molecule has 0 aliphatic heterocycles. The Morgan fingerprint density at radius 1 is 1.10 bits per heavy atom. The van der Waals surface area contributed by atoms with Crippen LogP contribution in [0.1, 0.15) is 0 Å². The van der Waals surface area contributed by atoms with Crippen LogP contribution in [0.4, 0.5) is 16.2 Å². The molecule has 2 heterocycles. The zero-order chi connectivity index (χ0) is 13.9. The fraction of sp³-hybridized carbons (Fsp3) is 0. The van der Waals surface area contributed by atoms with Crippen LogP contribution in [0.5, 0.6) is 0 Å². The largest absolute Gasteiger partial charge is 0.343 e. The number of amides is 2. The molecule has 7 heteroatoms. The lowest BCUT2D eigenvalue weighted by Gasteiger charge is -2.07. The first kappa shape index (κ1) is 12.4. The number of benzene rings is 1. The quantitative estimate of drug-likeness (QED) is 0.676. The number of imidazole rings is 1. The molecular formula is C13H10ClN5O. The molecule has 20 heavy (non-hydrogen) atoms. The van der Waals surface area contributed by atoms with Gasteiger partial charge in [-0.15, -0.1) is 0 Å². The third-order valence-electron chi connectivity index (χ3n) is 2.63. The van der Waals surface area contributed by atoms with Crippen molar-refractivity contribution < 1.29 is 4.79 Å². The Balaban J connectivity index is 1.70. The lowest BCUT2D eigenvalue weighted by Crippen LogP contribution is -2.19. The number of rotatable bonds is 2. The van der Waals surface area contributed by atoms with Crippen LogP contribution in [-0.4, -0.2) is 21.0 Å². The van der Waals surface area contributed by atoms with Gasteiger partial charge in [0.05, 0.1) is 23.7 Å². The van der Waals surface area contributed by atoms with Crippen LogP contribution in [0.3, 0.4) is 0 Å². The molecule has 3 N–H and O–H groups in total. The van der Waals surface area contributed by atoms with Crippen LogP contribution in [0, 0.1) is 0 Å². The Hall–Kier alpha value is -2.60. The summed E-state index contributed by atoms with van der Waals surface area (Å²) in [6, 6.07) is 8.26. The number of urea groups is 1. The molecule has 3 rings (SSSR count). The van der Waals surface area contributed by atoms with E-state index in [0.29, 0.717) is 22.0 Å². The molecule has 0 aliphatic rings. The van der Waals surface area contributed by atoms with Crippen LogP contribution in [-0.2, 0) is 0 Å². The second-order valence-corrected chi connectivity index (χ2v) is 4.52. The summed E-state index contributed by atoms with van der Waals surface area (Å²) >= 11 is 5.78. The summed E-state index contributed by atoms with van der Waals surface area (Å²) < 4.78 is 0. The fourth-order valence-corrected chi connectivity index (χ4v) is 1.85. The molecule has 0 saturated carbocycles. The summed E-state index contributed by atoms with van der Waals surface area (Å²) in [6.45, 7) is 0. The van der Waals surface area contributed by atoms with Crippen molar-refractivity contribution in [3.8, 4) is 0 Å². The number of fused-ring (bicyclic) bond motifs is 1. The normalized spacial score (nSPS) is 10.4. The molecule has 6 nitrogen and oxygen atoms in total. The molecule has 1 aromatic carbocycles.